The summed E-state index contributed by atoms with van der Waals surface area (Å²) in [5.41, 5.74) is 7.17. The highest BCUT2D eigenvalue weighted by Crippen LogP contribution is 2.18. The number of nitrogens with zero attached hydrogens (tertiary/aromatic N) is 2. The number of nitrogens with two attached hydrogens (primary N) is 1. The molecule has 2 N–H and O–H groups in total. The average molecular weight is 205 g/mol. The molecule has 4 heteroatoms. The molecule has 0 aliphatic rings. The second-order valence-electron chi connectivity index (χ2n) is 3.09. The fourth-order valence-electron chi connectivity index (χ4n) is 1.29. The third kappa shape index (κ3) is 2.16. The van der Waals surface area contributed by atoms with Gasteiger partial charge in [0, 0.05) is 29.5 Å². The Labute approximate surface area is 86.8 Å². The molecule has 2 aromatic heterocycles. The van der Waals surface area contributed by atoms with Gasteiger partial charge in [-0.3, -0.25) is 4.98 Å². The van der Waals surface area contributed by atoms with Crippen LogP contribution in [0.4, 0.5) is 0 Å². The minimum atomic E-state index is 0.0340. The molecule has 2 heterocycles. The first-order valence-corrected chi connectivity index (χ1v) is 5.18. The Morgan fingerprint density at radius 2 is 2.29 bits per heavy atom. The van der Waals surface area contributed by atoms with E-state index in [1.165, 1.54) is 11.5 Å². The number of hydrogen-bond acceptors (Lipinski definition) is 4. The summed E-state index contributed by atoms with van der Waals surface area (Å²) in [4.78, 5) is 5.17. The molecule has 1 unspecified atom stereocenters. The van der Waals surface area contributed by atoms with Gasteiger partial charge in [0.15, 0.2) is 0 Å². The van der Waals surface area contributed by atoms with Crippen LogP contribution in [0.1, 0.15) is 16.5 Å². The van der Waals surface area contributed by atoms with E-state index in [0.29, 0.717) is 0 Å². The molecule has 0 aliphatic heterocycles. The maximum absolute atomic E-state index is 6.01. The third-order valence-corrected chi connectivity index (χ3v) is 2.88. The van der Waals surface area contributed by atoms with Gasteiger partial charge in [0.25, 0.3) is 0 Å². The molecule has 2 aromatic rings. The van der Waals surface area contributed by atoms with Crippen molar-refractivity contribution in [1.29, 1.82) is 0 Å². The molecule has 0 fully saturated rings. The summed E-state index contributed by atoms with van der Waals surface area (Å²) in [6, 6.07) is 5.96. The van der Waals surface area contributed by atoms with Crippen LogP contribution in [0.15, 0.2) is 36.8 Å². The van der Waals surface area contributed by atoms with Crippen LogP contribution in [0.5, 0.6) is 0 Å². The van der Waals surface area contributed by atoms with E-state index >= 15 is 0 Å². The Hall–Kier alpha value is -1.26. The molecule has 0 aromatic carbocycles. The summed E-state index contributed by atoms with van der Waals surface area (Å²) >= 11 is 1.45. The van der Waals surface area contributed by atoms with Crippen molar-refractivity contribution in [3.05, 3.63) is 47.2 Å². The van der Waals surface area contributed by atoms with Crippen LogP contribution in [-0.2, 0) is 6.42 Å². The quantitative estimate of drug-likeness (QED) is 0.831. The van der Waals surface area contributed by atoms with Crippen LogP contribution in [0.25, 0.3) is 0 Å². The Balaban J connectivity index is 2.06. The van der Waals surface area contributed by atoms with Gasteiger partial charge in [-0.25, -0.2) is 4.37 Å². The van der Waals surface area contributed by atoms with Crippen molar-refractivity contribution in [2.75, 3.05) is 0 Å². The first-order chi connectivity index (χ1) is 6.86. The first kappa shape index (κ1) is 9.30. The van der Waals surface area contributed by atoms with Gasteiger partial charge in [0.2, 0.25) is 0 Å². The van der Waals surface area contributed by atoms with Gasteiger partial charge < -0.3 is 5.73 Å². The summed E-state index contributed by atoms with van der Waals surface area (Å²) in [6.45, 7) is 0. The standard InChI is InChI=1S/C10H11N3S/c11-9(10-3-5-13-14-10)6-8-2-1-4-12-7-8/h1-5,7,9H,6,11H2. The highest BCUT2D eigenvalue weighted by Gasteiger charge is 2.08. The van der Waals surface area contributed by atoms with Crippen LogP contribution < -0.4 is 5.73 Å². The number of rotatable bonds is 3. The molecule has 3 nitrogen and oxygen atoms in total. The molecule has 0 radical (unpaired) electrons. The lowest BCUT2D eigenvalue weighted by molar-refractivity contribution is 0.734. The van der Waals surface area contributed by atoms with Gasteiger partial charge in [0.05, 0.1) is 0 Å². The van der Waals surface area contributed by atoms with Gasteiger partial charge in [0.1, 0.15) is 0 Å². The largest absolute Gasteiger partial charge is 0.323 e. The summed E-state index contributed by atoms with van der Waals surface area (Å²) in [7, 11) is 0. The van der Waals surface area contributed by atoms with Gasteiger partial charge >= 0.3 is 0 Å². The molecule has 2 rings (SSSR count). The molecule has 0 aliphatic carbocycles. The van der Waals surface area contributed by atoms with Crippen LogP contribution in [0.2, 0.25) is 0 Å². The van der Waals surface area contributed by atoms with E-state index in [1.807, 2.05) is 24.4 Å². The van der Waals surface area contributed by atoms with Crippen molar-refractivity contribution in [1.82, 2.24) is 9.36 Å². The predicted octanol–water partition coefficient (Wildman–Crippen LogP) is 1.78. The maximum Gasteiger partial charge on any atom is 0.0447 e. The Kier molecular flexibility index (Phi) is 2.86. The zero-order valence-electron chi connectivity index (χ0n) is 7.63. The fraction of sp³-hybridized carbons (Fsp3) is 0.200. The highest BCUT2D eigenvalue weighted by molar-refractivity contribution is 7.05. The van der Waals surface area contributed by atoms with Crippen LogP contribution in [0, 0.1) is 0 Å². The van der Waals surface area contributed by atoms with Gasteiger partial charge in [-0.05, 0) is 35.6 Å². The van der Waals surface area contributed by atoms with Crippen molar-refractivity contribution in [2.45, 2.75) is 12.5 Å². The number of pyridine rings is 1. The molecule has 1 atom stereocenters. The van der Waals surface area contributed by atoms with Gasteiger partial charge in [-0.1, -0.05) is 6.07 Å². The van der Waals surface area contributed by atoms with Crippen molar-refractivity contribution in [3.63, 3.8) is 0 Å². The summed E-state index contributed by atoms with van der Waals surface area (Å²) in [5.74, 6) is 0. The molecular formula is C10H11N3S. The molecule has 0 amide bonds. The Morgan fingerprint density at radius 3 is 2.93 bits per heavy atom. The van der Waals surface area contributed by atoms with E-state index < -0.39 is 0 Å². The SMILES string of the molecule is NC(Cc1cccnc1)c1ccns1. The number of hydrogen-bond donors (Lipinski definition) is 1. The molecule has 0 spiro atoms. The lowest BCUT2D eigenvalue weighted by Crippen LogP contribution is -2.11. The Bertz CT molecular complexity index is 372. The van der Waals surface area contributed by atoms with E-state index in [1.54, 1.807) is 12.4 Å². The monoisotopic (exact) mass is 205 g/mol. The van der Waals surface area contributed by atoms with E-state index in [9.17, 15) is 0 Å². The van der Waals surface area contributed by atoms with Crippen molar-refractivity contribution in [3.8, 4) is 0 Å². The topological polar surface area (TPSA) is 51.8 Å². The highest BCUT2D eigenvalue weighted by atomic mass is 32.1. The fourth-order valence-corrected chi connectivity index (χ4v) is 1.87. The summed E-state index contributed by atoms with van der Waals surface area (Å²) in [6.07, 6.45) is 6.21. The third-order valence-electron chi connectivity index (χ3n) is 2.00. The zero-order chi connectivity index (χ0) is 9.80. The number of aromatic nitrogens is 2. The second kappa shape index (κ2) is 4.30. The van der Waals surface area contributed by atoms with Gasteiger partial charge in [-0.15, -0.1) is 0 Å². The zero-order valence-corrected chi connectivity index (χ0v) is 8.45. The smallest absolute Gasteiger partial charge is 0.0447 e. The molecule has 14 heavy (non-hydrogen) atoms. The summed E-state index contributed by atoms with van der Waals surface area (Å²) in [5, 5.41) is 0. The van der Waals surface area contributed by atoms with E-state index in [4.69, 9.17) is 5.73 Å². The van der Waals surface area contributed by atoms with E-state index in [2.05, 4.69) is 9.36 Å². The predicted molar refractivity (Wildman–Crippen MR) is 57.0 cm³/mol. The normalized spacial score (nSPS) is 12.6. The summed E-state index contributed by atoms with van der Waals surface area (Å²) < 4.78 is 4.03. The molecule has 0 saturated carbocycles. The van der Waals surface area contributed by atoms with Crippen molar-refractivity contribution < 1.29 is 0 Å². The molecule has 0 bridgehead atoms. The van der Waals surface area contributed by atoms with E-state index in [-0.39, 0.29) is 6.04 Å². The van der Waals surface area contributed by atoms with E-state index in [0.717, 1.165) is 16.9 Å². The molecule has 0 saturated heterocycles. The Morgan fingerprint density at radius 1 is 1.36 bits per heavy atom. The average Bonchev–Trinajstić information content (AvgIpc) is 2.72. The molecular weight excluding hydrogens is 194 g/mol. The van der Waals surface area contributed by atoms with Crippen LogP contribution >= 0.6 is 11.5 Å². The van der Waals surface area contributed by atoms with Crippen molar-refractivity contribution >= 4 is 11.5 Å². The van der Waals surface area contributed by atoms with Crippen molar-refractivity contribution in [2.24, 2.45) is 5.73 Å². The first-order valence-electron chi connectivity index (χ1n) is 4.41. The lowest BCUT2D eigenvalue weighted by Gasteiger charge is -2.07. The lowest BCUT2D eigenvalue weighted by atomic mass is 10.1. The maximum atomic E-state index is 6.01. The minimum Gasteiger partial charge on any atom is -0.323 e. The van der Waals surface area contributed by atoms with Crippen LogP contribution in [0.3, 0.4) is 0 Å². The van der Waals surface area contributed by atoms with Crippen LogP contribution in [-0.4, -0.2) is 9.36 Å². The molecule has 72 valence electrons. The minimum absolute atomic E-state index is 0.0340. The van der Waals surface area contributed by atoms with Gasteiger partial charge in [-0.2, -0.15) is 0 Å². The second-order valence-corrected chi connectivity index (χ2v) is 3.95.